The SMILES string of the molecule is C=C=Cc1cc[c]cc1. The van der Waals surface area contributed by atoms with Crippen LogP contribution in [0.1, 0.15) is 5.56 Å². The van der Waals surface area contributed by atoms with Gasteiger partial charge in [0.2, 0.25) is 0 Å². The Hall–Kier alpha value is -1.26. The Morgan fingerprint density at radius 1 is 1.44 bits per heavy atom. The molecule has 0 aliphatic carbocycles. The second-order valence-electron chi connectivity index (χ2n) is 1.68. The smallest absolute Gasteiger partial charge is 0.0133 e. The van der Waals surface area contributed by atoms with Crippen LogP contribution >= 0.6 is 0 Å². The monoisotopic (exact) mass is 115 g/mol. The highest BCUT2D eigenvalue weighted by atomic mass is 13.8. The first-order valence-corrected chi connectivity index (χ1v) is 2.75. The van der Waals surface area contributed by atoms with Gasteiger partial charge in [-0.05, 0) is 17.7 Å². The number of rotatable bonds is 1. The maximum absolute atomic E-state index is 3.47. The summed E-state index contributed by atoms with van der Waals surface area (Å²) in [6.45, 7) is 3.47. The lowest BCUT2D eigenvalue weighted by molar-refractivity contribution is 1.65. The van der Waals surface area contributed by atoms with Crippen molar-refractivity contribution in [3.8, 4) is 0 Å². The van der Waals surface area contributed by atoms with E-state index >= 15 is 0 Å². The third kappa shape index (κ3) is 1.60. The molecule has 43 valence electrons. The molecule has 0 atom stereocenters. The lowest BCUT2D eigenvalue weighted by Crippen LogP contribution is -1.65. The molecule has 1 aromatic rings. The van der Waals surface area contributed by atoms with E-state index in [2.05, 4.69) is 18.4 Å². The van der Waals surface area contributed by atoms with Crippen LogP contribution in [0.2, 0.25) is 0 Å². The number of benzene rings is 1. The molecule has 0 bridgehead atoms. The van der Waals surface area contributed by atoms with Gasteiger partial charge in [-0.15, -0.1) is 5.73 Å². The molecule has 9 heavy (non-hydrogen) atoms. The van der Waals surface area contributed by atoms with Crippen LogP contribution in [0.3, 0.4) is 0 Å². The molecule has 0 aliphatic rings. The van der Waals surface area contributed by atoms with E-state index in [1.54, 1.807) is 0 Å². The summed E-state index contributed by atoms with van der Waals surface area (Å²) in [6.07, 6.45) is 1.83. The Morgan fingerprint density at radius 2 is 2.11 bits per heavy atom. The van der Waals surface area contributed by atoms with Gasteiger partial charge < -0.3 is 0 Å². The standard InChI is InChI=1S/C9H7/c1-2-6-9-7-4-3-5-8-9/h4-8H,1H2. The third-order valence-corrected chi connectivity index (χ3v) is 1.01. The first-order valence-electron chi connectivity index (χ1n) is 2.75. The Balaban J connectivity index is 2.97. The Kier molecular flexibility index (Phi) is 1.90. The average molecular weight is 115 g/mol. The summed E-state index contributed by atoms with van der Waals surface area (Å²) >= 11 is 0. The Labute approximate surface area is 55.1 Å². The predicted molar refractivity (Wildman–Crippen MR) is 38.9 cm³/mol. The van der Waals surface area contributed by atoms with Crippen LogP contribution in [0.4, 0.5) is 0 Å². The van der Waals surface area contributed by atoms with Gasteiger partial charge in [0.25, 0.3) is 0 Å². The van der Waals surface area contributed by atoms with E-state index in [0.717, 1.165) is 5.56 Å². The second kappa shape index (κ2) is 2.91. The summed E-state index contributed by atoms with van der Waals surface area (Å²) in [4.78, 5) is 0. The molecule has 1 rings (SSSR count). The molecule has 1 aromatic carbocycles. The van der Waals surface area contributed by atoms with Crippen LogP contribution < -0.4 is 0 Å². The van der Waals surface area contributed by atoms with Crippen LogP contribution in [-0.4, -0.2) is 0 Å². The minimum atomic E-state index is 1.11. The minimum absolute atomic E-state index is 1.11. The van der Waals surface area contributed by atoms with E-state index < -0.39 is 0 Å². The summed E-state index contributed by atoms with van der Waals surface area (Å²) in [5.74, 6) is 0. The van der Waals surface area contributed by atoms with Crippen molar-refractivity contribution in [2.45, 2.75) is 0 Å². The molecule has 0 aromatic heterocycles. The molecule has 0 fully saturated rings. The topological polar surface area (TPSA) is 0 Å². The fourth-order valence-electron chi connectivity index (χ4n) is 0.614. The zero-order valence-corrected chi connectivity index (χ0v) is 5.09. The van der Waals surface area contributed by atoms with Crippen LogP contribution in [0.25, 0.3) is 6.08 Å². The van der Waals surface area contributed by atoms with Gasteiger partial charge in [-0.25, -0.2) is 0 Å². The molecule has 0 saturated carbocycles. The maximum Gasteiger partial charge on any atom is -0.0133 e. The summed E-state index contributed by atoms with van der Waals surface area (Å²) in [5, 5.41) is 0. The zero-order chi connectivity index (χ0) is 6.53. The zero-order valence-electron chi connectivity index (χ0n) is 5.09. The molecule has 0 N–H and O–H groups in total. The second-order valence-corrected chi connectivity index (χ2v) is 1.68. The average Bonchev–Trinajstić information content (AvgIpc) is 1.91. The number of hydrogen-bond donors (Lipinski definition) is 0. The first kappa shape index (κ1) is 5.87. The Bertz CT molecular complexity index is 215. The van der Waals surface area contributed by atoms with Gasteiger partial charge in [0.1, 0.15) is 0 Å². The molecule has 0 aliphatic heterocycles. The first-order chi connectivity index (χ1) is 4.43. The quantitative estimate of drug-likeness (QED) is 0.492. The molecule has 1 radical (unpaired) electrons. The van der Waals surface area contributed by atoms with Gasteiger partial charge in [-0.1, -0.05) is 30.8 Å². The van der Waals surface area contributed by atoms with Crippen molar-refractivity contribution in [1.29, 1.82) is 0 Å². The summed E-state index contributed by atoms with van der Waals surface area (Å²) in [5.41, 5.74) is 3.81. The van der Waals surface area contributed by atoms with Crippen molar-refractivity contribution >= 4 is 6.08 Å². The summed E-state index contributed by atoms with van der Waals surface area (Å²) in [7, 11) is 0. The van der Waals surface area contributed by atoms with Crippen molar-refractivity contribution in [3.63, 3.8) is 0 Å². The van der Waals surface area contributed by atoms with Gasteiger partial charge in [-0.3, -0.25) is 0 Å². The molecular formula is C9H7. The van der Waals surface area contributed by atoms with E-state index in [-0.39, 0.29) is 0 Å². The molecule has 0 unspecified atom stereocenters. The van der Waals surface area contributed by atoms with E-state index in [1.807, 2.05) is 30.3 Å². The summed E-state index contributed by atoms with van der Waals surface area (Å²) < 4.78 is 0. The fraction of sp³-hybridized carbons (Fsp3) is 0. The molecule has 0 heterocycles. The van der Waals surface area contributed by atoms with Crippen molar-refractivity contribution in [2.75, 3.05) is 0 Å². The third-order valence-electron chi connectivity index (χ3n) is 1.01. The largest absolute Gasteiger partial charge is 0.128 e. The fourth-order valence-corrected chi connectivity index (χ4v) is 0.614. The predicted octanol–water partition coefficient (Wildman–Crippen LogP) is 2.28. The highest BCUT2D eigenvalue weighted by Crippen LogP contribution is 1.97. The van der Waals surface area contributed by atoms with Crippen LogP contribution in [-0.2, 0) is 0 Å². The molecule has 0 saturated heterocycles. The maximum atomic E-state index is 3.47. The normalized spacial score (nSPS) is 8.00. The van der Waals surface area contributed by atoms with Gasteiger partial charge >= 0.3 is 0 Å². The lowest BCUT2D eigenvalue weighted by atomic mass is 10.2. The van der Waals surface area contributed by atoms with E-state index in [4.69, 9.17) is 0 Å². The molecule has 0 heteroatoms. The summed E-state index contributed by atoms with van der Waals surface area (Å²) in [6, 6.07) is 10.6. The Morgan fingerprint density at radius 3 is 2.67 bits per heavy atom. The molecule has 0 amide bonds. The van der Waals surface area contributed by atoms with Crippen LogP contribution in [0.5, 0.6) is 0 Å². The minimum Gasteiger partial charge on any atom is -0.128 e. The van der Waals surface area contributed by atoms with Gasteiger partial charge in [0.05, 0.1) is 0 Å². The van der Waals surface area contributed by atoms with Crippen molar-refractivity contribution < 1.29 is 0 Å². The highest BCUT2D eigenvalue weighted by molar-refractivity contribution is 5.47. The van der Waals surface area contributed by atoms with Crippen molar-refractivity contribution in [1.82, 2.24) is 0 Å². The van der Waals surface area contributed by atoms with Crippen molar-refractivity contribution in [3.05, 3.63) is 48.2 Å². The van der Waals surface area contributed by atoms with E-state index in [1.165, 1.54) is 0 Å². The van der Waals surface area contributed by atoms with Crippen LogP contribution in [0, 0.1) is 6.07 Å². The lowest BCUT2D eigenvalue weighted by Gasteiger charge is -1.84. The highest BCUT2D eigenvalue weighted by Gasteiger charge is 1.77. The van der Waals surface area contributed by atoms with Gasteiger partial charge in [0.15, 0.2) is 0 Å². The van der Waals surface area contributed by atoms with Crippen molar-refractivity contribution in [2.24, 2.45) is 0 Å². The van der Waals surface area contributed by atoms with Gasteiger partial charge in [0, 0.05) is 0 Å². The number of hydrogen-bond acceptors (Lipinski definition) is 0. The van der Waals surface area contributed by atoms with E-state index in [9.17, 15) is 0 Å². The molecule has 0 spiro atoms. The molecule has 0 nitrogen and oxygen atoms in total. The molecular weight excluding hydrogens is 108 g/mol. The van der Waals surface area contributed by atoms with E-state index in [0.29, 0.717) is 0 Å². The van der Waals surface area contributed by atoms with Gasteiger partial charge in [-0.2, -0.15) is 0 Å². The van der Waals surface area contributed by atoms with Crippen LogP contribution in [0.15, 0.2) is 36.6 Å².